The van der Waals surface area contributed by atoms with Crippen LogP contribution in [-0.4, -0.2) is 30.8 Å². The van der Waals surface area contributed by atoms with E-state index in [0.717, 1.165) is 5.56 Å². The summed E-state index contributed by atoms with van der Waals surface area (Å²) >= 11 is 0. The smallest absolute Gasteiger partial charge is 0.324 e. The minimum atomic E-state index is -0.407. The Morgan fingerprint density at radius 2 is 1.58 bits per heavy atom. The molecule has 140 valence electrons. The summed E-state index contributed by atoms with van der Waals surface area (Å²) < 4.78 is 16.9. The molecule has 0 aliphatic heterocycles. The van der Waals surface area contributed by atoms with Crippen LogP contribution >= 0.6 is 0 Å². The van der Waals surface area contributed by atoms with Gasteiger partial charge in [-0.1, -0.05) is 6.07 Å². The zero-order valence-corrected chi connectivity index (χ0v) is 15.6. The van der Waals surface area contributed by atoms with Gasteiger partial charge in [-0.3, -0.25) is 5.32 Å². The second-order valence-corrected chi connectivity index (χ2v) is 5.40. The largest absolute Gasteiger partial charge is 0.490 e. The monoisotopic (exact) mass is 359 g/mol. The number of carbonyl (C=O) groups excluding carboxylic acids is 1. The molecule has 0 saturated carbocycles. The number of hydrogen-bond donors (Lipinski definition) is 2. The van der Waals surface area contributed by atoms with Gasteiger partial charge >= 0.3 is 6.03 Å². The van der Waals surface area contributed by atoms with Crippen molar-refractivity contribution in [3.05, 3.63) is 36.0 Å². The molecular formula is C19H25N3O4. The maximum Gasteiger partial charge on any atom is 0.324 e. The highest BCUT2D eigenvalue weighted by Gasteiger charge is 2.16. The van der Waals surface area contributed by atoms with Crippen molar-refractivity contribution in [2.24, 2.45) is 0 Å². The van der Waals surface area contributed by atoms with Crippen LogP contribution in [0.25, 0.3) is 0 Å². The van der Waals surface area contributed by atoms with E-state index >= 15 is 0 Å². The predicted molar refractivity (Wildman–Crippen MR) is 102 cm³/mol. The molecule has 26 heavy (non-hydrogen) atoms. The number of amides is 2. The fraction of sp³-hybridized carbons (Fsp3) is 0.368. The molecule has 7 nitrogen and oxygen atoms in total. The highest BCUT2D eigenvalue weighted by atomic mass is 16.5. The molecule has 2 aromatic rings. The summed E-state index contributed by atoms with van der Waals surface area (Å²) in [6, 6.07) is 6.62. The molecule has 0 unspecified atom stereocenters. The number of pyridine rings is 1. The highest BCUT2D eigenvalue weighted by Crippen LogP contribution is 2.40. The van der Waals surface area contributed by atoms with E-state index in [0.29, 0.717) is 48.6 Å². The van der Waals surface area contributed by atoms with E-state index in [1.54, 1.807) is 24.4 Å². The van der Waals surface area contributed by atoms with Crippen LogP contribution in [0.5, 0.6) is 17.2 Å². The Labute approximate surface area is 153 Å². The number of urea groups is 1. The third-order valence-electron chi connectivity index (χ3n) is 3.32. The van der Waals surface area contributed by atoms with Crippen molar-refractivity contribution < 1.29 is 19.0 Å². The quantitative estimate of drug-likeness (QED) is 0.737. The summed E-state index contributed by atoms with van der Waals surface area (Å²) in [4.78, 5) is 16.4. The number of aryl methyl sites for hydroxylation is 1. The minimum Gasteiger partial charge on any atom is -0.490 e. The third-order valence-corrected chi connectivity index (χ3v) is 3.32. The van der Waals surface area contributed by atoms with Crippen molar-refractivity contribution in [1.29, 1.82) is 0 Å². The second-order valence-electron chi connectivity index (χ2n) is 5.40. The molecule has 2 rings (SSSR count). The predicted octanol–water partition coefficient (Wildman–Crippen LogP) is 4.23. The molecule has 1 heterocycles. The molecule has 1 aromatic carbocycles. The standard InChI is InChI=1S/C19H25N3O4/c1-5-24-15-10-14(11-16(25-6-2)18(15)26-7-3)21-19(23)22-17-9-8-13(4)12-20-17/h8-12H,5-7H2,1-4H3,(H2,20,21,22,23). The van der Waals surface area contributed by atoms with Crippen LogP contribution in [-0.2, 0) is 0 Å². The Hall–Kier alpha value is -2.96. The van der Waals surface area contributed by atoms with Crippen molar-refractivity contribution in [2.45, 2.75) is 27.7 Å². The number of nitrogens with zero attached hydrogens (tertiary/aromatic N) is 1. The summed E-state index contributed by atoms with van der Waals surface area (Å²) in [5.74, 6) is 2.03. The zero-order chi connectivity index (χ0) is 18.9. The van der Waals surface area contributed by atoms with Gasteiger partial charge in [0.2, 0.25) is 5.75 Å². The highest BCUT2D eigenvalue weighted by molar-refractivity contribution is 5.99. The number of nitrogens with one attached hydrogen (secondary N) is 2. The maximum absolute atomic E-state index is 12.2. The number of aromatic nitrogens is 1. The molecule has 2 N–H and O–H groups in total. The van der Waals surface area contributed by atoms with E-state index in [1.807, 2.05) is 33.8 Å². The number of anilines is 2. The molecule has 7 heteroatoms. The van der Waals surface area contributed by atoms with E-state index in [1.165, 1.54) is 0 Å². The summed E-state index contributed by atoms with van der Waals surface area (Å²) in [6.45, 7) is 8.99. The van der Waals surface area contributed by atoms with E-state index in [4.69, 9.17) is 14.2 Å². The first-order chi connectivity index (χ1) is 12.6. The summed E-state index contributed by atoms with van der Waals surface area (Å²) in [7, 11) is 0. The molecule has 1 aromatic heterocycles. The van der Waals surface area contributed by atoms with Crippen LogP contribution in [0, 0.1) is 6.92 Å². The van der Waals surface area contributed by atoms with Gasteiger partial charge < -0.3 is 19.5 Å². The van der Waals surface area contributed by atoms with Gasteiger partial charge in [0.25, 0.3) is 0 Å². The lowest BCUT2D eigenvalue weighted by molar-refractivity contribution is 0.260. The van der Waals surface area contributed by atoms with Crippen LogP contribution in [0.2, 0.25) is 0 Å². The number of hydrogen-bond acceptors (Lipinski definition) is 5. The molecule has 0 spiro atoms. The van der Waals surface area contributed by atoms with Crippen LogP contribution < -0.4 is 24.8 Å². The minimum absolute atomic E-state index is 0.407. The lowest BCUT2D eigenvalue weighted by Gasteiger charge is -2.17. The lowest BCUT2D eigenvalue weighted by Crippen LogP contribution is -2.20. The number of rotatable bonds is 8. The Kier molecular flexibility index (Phi) is 7.08. The Balaban J connectivity index is 2.21. The summed E-state index contributed by atoms with van der Waals surface area (Å²) in [6.07, 6.45) is 1.69. The van der Waals surface area contributed by atoms with E-state index in [-0.39, 0.29) is 0 Å². The molecule has 0 aliphatic rings. The zero-order valence-electron chi connectivity index (χ0n) is 15.6. The van der Waals surface area contributed by atoms with Gasteiger partial charge in [-0.2, -0.15) is 0 Å². The summed E-state index contributed by atoms with van der Waals surface area (Å²) in [5.41, 5.74) is 1.55. The molecule has 0 atom stereocenters. The van der Waals surface area contributed by atoms with E-state index < -0.39 is 6.03 Å². The van der Waals surface area contributed by atoms with Crippen LogP contribution in [0.3, 0.4) is 0 Å². The van der Waals surface area contributed by atoms with Gasteiger partial charge in [-0.25, -0.2) is 9.78 Å². The van der Waals surface area contributed by atoms with Crippen molar-refractivity contribution in [3.8, 4) is 17.2 Å². The average molecular weight is 359 g/mol. The van der Waals surface area contributed by atoms with Crippen LogP contribution in [0.4, 0.5) is 16.3 Å². The third kappa shape index (κ3) is 5.27. The number of benzene rings is 1. The molecule has 2 amide bonds. The fourth-order valence-electron chi connectivity index (χ4n) is 2.28. The number of ether oxygens (including phenoxy) is 3. The molecule has 0 radical (unpaired) electrons. The number of carbonyl (C=O) groups is 1. The Morgan fingerprint density at radius 1 is 0.962 bits per heavy atom. The van der Waals surface area contributed by atoms with E-state index in [9.17, 15) is 4.79 Å². The van der Waals surface area contributed by atoms with Crippen molar-refractivity contribution >= 4 is 17.5 Å². The average Bonchev–Trinajstić information content (AvgIpc) is 2.60. The van der Waals surface area contributed by atoms with Gasteiger partial charge in [-0.15, -0.1) is 0 Å². The second kappa shape index (κ2) is 9.50. The molecule has 0 fully saturated rings. The van der Waals surface area contributed by atoms with Crippen molar-refractivity contribution in [3.63, 3.8) is 0 Å². The molecular weight excluding hydrogens is 334 g/mol. The van der Waals surface area contributed by atoms with Crippen molar-refractivity contribution in [2.75, 3.05) is 30.5 Å². The van der Waals surface area contributed by atoms with Gasteiger partial charge in [0.1, 0.15) is 5.82 Å². The maximum atomic E-state index is 12.2. The molecule has 0 aliphatic carbocycles. The Morgan fingerprint density at radius 3 is 2.08 bits per heavy atom. The van der Waals surface area contributed by atoms with Gasteiger partial charge in [-0.05, 0) is 39.3 Å². The van der Waals surface area contributed by atoms with Crippen LogP contribution in [0.15, 0.2) is 30.5 Å². The Bertz CT molecular complexity index is 705. The fourth-order valence-corrected chi connectivity index (χ4v) is 2.28. The van der Waals surface area contributed by atoms with Gasteiger partial charge in [0.05, 0.1) is 25.5 Å². The van der Waals surface area contributed by atoms with Crippen molar-refractivity contribution in [1.82, 2.24) is 4.98 Å². The lowest BCUT2D eigenvalue weighted by atomic mass is 10.2. The summed E-state index contributed by atoms with van der Waals surface area (Å²) in [5, 5.41) is 5.45. The first kappa shape index (κ1) is 19.4. The van der Waals surface area contributed by atoms with Gasteiger partial charge in [0, 0.05) is 18.3 Å². The van der Waals surface area contributed by atoms with E-state index in [2.05, 4.69) is 15.6 Å². The topological polar surface area (TPSA) is 81.7 Å². The molecule has 0 bridgehead atoms. The first-order valence-electron chi connectivity index (χ1n) is 8.64. The normalized spacial score (nSPS) is 10.2. The SMILES string of the molecule is CCOc1cc(NC(=O)Nc2ccc(C)cn2)cc(OCC)c1OCC. The van der Waals surface area contributed by atoms with Gasteiger partial charge in [0.15, 0.2) is 11.5 Å². The first-order valence-corrected chi connectivity index (χ1v) is 8.64. The van der Waals surface area contributed by atoms with Crippen LogP contribution in [0.1, 0.15) is 26.3 Å². The molecule has 0 saturated heterocycles.